The predicted molar refractivity (Wildman–Crippen MR) is 64.2 cm³/mol. The summed E-state index contributed by atoms with van der Waals surface area (Å²) in [5.74, 6) is -1.14. The van der Waals surface area contributed by atoms with Crippen molar-refractivity contribution in [1.82, 2.24) is 10.2 Å². The van der Waals surface area contributed by atoms with Gasteiger partial charge in [0, 0.05) is 6.42 Å². The summed E-state index contributed by atoms with van der Waals surface area (Å²) in [5.41, 5.74) is 0. The molecule has 2 saturated heterocycles. The van der Waals surface area contributed by atoms with Gasteiger partial charge in [0.2, 0.25) is 5.91 Å². The minimum atomic E-state index is -0.941. The third-order valence-electron chi connectivity index (χ3n) is 3.57. The fourth-order valence-corrected chi connectivity index (χ4v) is 2.61. The summed E-state index contributed by atoms with van der Waals surface area (Å²) >= 11 is 0. The van der Waals surface area contributed by atoms with E-state index in [-0.39, 0.29) is 30.8 Å². The second-order valence-electron chi connectivity index (χ2n) is 4.92. The second-order valence-corrected chi connectivity index (χ2v) is 4.92. The third-order valence-corrected chi connectivity index (χ3v) is 3.57. The molecule has 0 radical (unpaired) electrons. The molecule has 0 unspecified atom stereocenters. The molecule has 2 heterocycles. The Morgan fingerprint density at radius 1 is 1.22 bits per heavy atom. The van der Waals surface area contributed by atoms with Gasteiger partial charge in [0.05, 0.1) is 31.7 Å². The van der Waals surface area contributed by atoms with Crippen molar-refractivity contribution in [3.8, 4) is 0 Å². The number of hydrogen-bond acceptors (Lipinski definition) is 4. The summed E-state index contributed by atoms with van der Waals surface area (Å²) in [6.07, 6.45) is 2.33. The maximum Gasteiger partial charge on any atom is 0.303 e. The molecule has 0 saturated carbocycles. The molecule has 0 aliphatic carbocycles. The molecule has 6 heteroatoms. The highest BCUT2D eigenvalue weighted by Gasteiger charge is 2.35. The molecular formula is C12H20N2O4. The van der Waals surface area contributed by atoms with Crippen molar-refractivity contribution in [2.45, 2.75) is 37.8 Å². The van der Waals surface area contributed by atoms with Crippen LogP contribution in [-0.4, -0.2) is 60.3 Å². The zero-order chi connectivity index (χ0) is 13.0. The minimum Gasteiger partial charge on any atom is -0.481 e. The first-order chi connectivity index (χ1) is 8.66. The van der Waals surface area contributed by atoms with Crippen LogP contribution < -0.4 is 5.32 Å². The van der Waals surface area contributed by atoms with Gasteiger partial charge in [-0.2, -0.15) is 0 Å². The van der Waals surface area contributed by atoms with E-state index in [4.69, 9.17) is 9.84 Å². The number of ether oxygens (including phenoxy) is 1. The number of nitrogens with zero attached hydrogens (tertiary/aromatic N) is 1. The fourth-order valence-electron chi connectivity index (χ4n) is 2.61. The number of likely N-dealkylation sites (tertiary alicyclic amines) is 1. The maximum atomic E-state index is 11.6. The summed E-state index contributed by atoms with van der Waals surface area (Å²) in [5, 5.41) is 11.4. The number of rotatable bonds is 5. The van der Waals surface area contributed by atoms with Crippen LogP contribution >= 0.6 is 0 Å². The Morgan fingerprint density at radius 3 is 2.61 bits per heavy atom. The predicted octanol–water partition coefficient (Wildman–Crippen LogP) is -0.169. The number of nitrogens with one attached hydrogen (secondary N) is 1. The SMILES string of the molecule is O=C(O)CCC(=O)N[C@H]1COC[C@@H]1N1CCCC1. The number of carboxylic acids is 1. The van der Waals surface area contributed by atoms with Gasteiger partial charge >= 0.3 is 5.97 Å². The molecule has 0 bridgehead atoms. The topological polar surface area (TPSA) is 78.9 Å². The van der Waals surface area contributed by atoms with Gasteiger partial charge in [-0.15, -0.1) is 0 Å². The number of carbonyl (C=O) groups is 2. The molecule has 2 aliphatic rings. The van der Waals surface area contributed by atoms with Crippen LogP contribution in [0.25, 0.3) is 0 Å². The molecular weight excluding hydrogens is 236 g/mol. The van der Waals surface area contributed by atoms with Gasteiger partial charge < -0.3 is 15.2 Å². The smallest absolute Gasteiger partial charge is 0.303 e. The number of hydrogen-bond donors (Lipinski definition) is 2. The zero-order valence-electron chi connectivity index (χ0n) is 10.4. The molecule has 0 aromatic rings. The van der Waals surface area contributed by atoms with Gasteiger partial charge in [0.15, 0.2) is 0 Å². The van der Waals surface area contributed by atoms with E-state index in [1.165, 1.54) is 12.8 Å². The van der Waals surface area contributed by atoms with Crippen LogP contribution in [-0.2, 0) is 14.3 Å². The van der Waals surface area contributed by atoms with Gasteiger partial charge in [-0.25, -0.2) is 0 Å². The quantitative estimate of drug-likeness (QED) is 0.714. The molecule has 2 atom stereocenters. The van der Waals surface area contributed by atoms with Gasteiger partial charge in [-0.1, -0.05) is 0 Å². The van der Waals surface area contributed by atoms with Crippen molar-refractivity contribution >= 4 is 11.9 Å². The van der Waals surface area contributed by atoms with Crippen LogP contribution in [0.1, 0.15) is 25.7 Å². The fraction of sp³-hybridized carbons (Fsp3) is 0.833. The molecule has 0 aromatic carbocycles. The average molecular weight is 256 g/mol. The lowest BCUT2D eigenvalue weighted by atomic mass is 10.1. The lowest BCUT2D eigenvalue weighted by molar-refractivity contribution is -0.139. The standard InChI is InChI=1S/C12H20N2O4/c15-11(3-4-12(16)17)13-9-7-18-8-10(9)14-5-1-2-6-14/h9-10H,1-8H2,(H,13,15)(H,16,17)/t9-,10-/m0/s1. The molecule has 2 rings (SSSR count). The monoisotopic (exact) mass is 256 g/mol. The molecule has 1 amide bonds. The van der Waals surface area contributed by atoms with Crippen LogP contribution in [0.2, 0.25) is 0 Å². The average Bonchev–Trinajstić information content (AvgIpc) is 2.95. The number of carbonyl (C=O) groups excluding carboxylic acids is 1. The molecule has 18 heavy (non-hydrogen) atoms. The molecule has 102 valence electrons. The number of aliphatic carboxylic acids is 1. The summed E-state index contributed by atoms with van der Waals surface area (Å²) in [6.45, 7) is 3.31. The Hall–Kier alpha value is -1.14. The minimum absolute atomic E-state index is 0.00407. The summed E-state index contributed by atoms with van der Waals surface area (Å²) in [7, 11) is 0. The molecule has 6 nitrogen and oxygen atoms in total. The summed E-state index contributed by atoms with van der Waals surface area (Å²) < 4.78 is 5.44. The van der Waals surface area contributed by atoms with Crippen molar-refractivity contribution in [2.24, 2.45) is 0 Å². The largest absolute Gasteiger partial charge is 0.481 e. The van der Waals surface area contributed by atoms with Gasteiger partial charge in [-0.05, 0) is 25.9 Å². The van der Waals surface area contributed by atoms with Gasteiger partial charge in [-0.3, -0.25) is 14.5 Å². The molecule has 0 spiro atoms. The Morgan fingerprint density at radius 2 is 1.94 bits per heavy atom. The lowest BCUT2D eigenvalue weighted by Gasteiger charge is -2.27. The highest BCUT2D eigenvalue weighted by Crippen LogP contribution is 2.19. The molecule has 2 N–H and O–H groups in total. The van der Waals surface area contributed by atoms with E-state index in [9.17, 15) is 9.59 Å². The van der Waals surface area contributed by atoms with Crippen molar-refractivity contribution in [3.05, 3.63) is 0 Å². The van der Waals surface area contributed by atoms with Crippen LogP contribution in [0.4, 0.5) is 0 Å². The Labute approximate surface area is 106 Å². The molecule has 2 fully saturated rings. The van der Waals surface area contributed by atoms with Crippen molar-refractivity contribution < 1.29 is 19.4 Å². The van der Waals surface area contributed by atoms with E-state index >= 15 is 0 Å². The van der Waals surface area contributed by atoms with Crippen LogP contribution in [0.3, 0.4) is 0 Å². The van der Waals surface area contributed by atoms with Gasteiger partial charge in [0.1, 0.15) is 0 Å². The van der Waals surface area contributed by atoms with E-state index in [0.29, 0.717) is 13.2 Å². The summed E-state index contributed by atoms with van der Waals surface area (Å²) in [6, 6.07) is 0.255. The molecule has 0 aromatic heterocycles. The first-order valence-corrected chi connectivity index (χ1v) is 6.50. The van der Waals surface area contributed by atoms with Gasteiger partial charge in [0.25, 0.3) is 0 Å². The Bertz CT molecular complexity index is 315. The first kappa shape index (κ1) is 13.3. The molecule has 2 aliphatic heterocycles. The Kier molecular flexibility index (Phi) is 4.54. The van der Waals surface area contributed by atoms with E-state index in [0.717, 1.165) is 13.1 Å². The second kappa shape index (κ2) is 6.15. The Balaban J connectivity index is 1.80. The first-order valence-electron chi connectivity index (χ1n) is 6.50. The number of carboxylic acid groups (broad SMARTS) is 1. The third kappa shape index (κ3) is 3.43. The summed E-state index contributed by atoms with van der Waals surface area (Å²) in [4.78, 5) is 24.4. The normalized spacial score (nSPS) is 28.4. The van der Waals surface area contributed by atoms with Crippen LogP contribution in [0.15, 0.2) is 0 Å². The van der Waals surface area contributed by atoms with Crippen molar-refractivity contribution in [1.29, 1.82) is 0 Å². The van der Waals surface area contributed by atoms with Crippen molar-refractivity contribution in [2.75, 3.05) is 26.3 Å². The lowest BCUT2D eigenvalue weighted by Crippen LogP contribution is -2.50. The van der Waals surface area contributed by atoms with E-state index < -0.39 is 5.97 Å². The van der Waals surface area contributed by atoms with Crippen LogP contribution in [0, 0.1) is 0 Å². The number of amides is 1. The van der Waals surface area contributed by atoms with Crippen molar-refractivity contribution in [3.63, 3.8) is 0 Å². The van der Waals surface area contributed by atoms with E-state index in [1.54, 1.807) is 0 Å². The maximum absolute atomic E-state index is 11.6. The highest BCUT2D eigenvalue weighted by molar-refractivity contribution is 5.80. The van der Waals surface area contributed by atoms with E-state index in [2.05, 4.69) is 10.2 Å². The zero-order valence-corrected chi connectivity index (χ0v) is 10.4. The van der Waals surface area contributed by atoms with E-state index in [1.807, 2.05) is 0 Å². The highest BCUT2D eigenvalue weighted by atomic mass is 16.5. The van der Waals surface area contributed by atoms with Crippen LogP contribution in [0.5, 0.6) is 0 Å².